The normalized spacial score (nSPS) is 11.8. The summed E-state index contributed by atoms with van der Waals surface area (Å²) < 4.78 is 40.9. The minimum absolute atomic E-state index is 0.00581. The fourth-order valence-corrected chi connectivity index (χ4v) is 4.87. The number of aromatic nitrogens is 1. The topological polar surface area (TPSA) is 88.5 Å². The van der Waals surface area contributed by atoms with Crippen LogP contribution in [0, 0.1) is 5.82 Å². The van der Waals surface area contributed by atoms with Crippen LogP contribution in [0.3, 0.4) is 0 Å². The third kappa shape index (κ3) is 4.65. The van der Waals surface area contributed by atoms with Crippen LogP contribution in [-0.4, -0.2) is 31.7 Å². The van der Waals surface area contributed by atoms with Crippen LogP contribution < -0.4 is 14.5 Å². The van der Waals surface area contributed by atoms with E-state index in [9.17, 15) is 22.4 Å². The van der Waals surface area contributed by atoms with Gasteiger partial charge in [0.15, 0.2) is 0 Å². The standard InChI is InChI=1S/C19H20FN3O4S2/c1-12(2)23-16-8-7-14(10-17(16)28-19(23)25)21-18(24)11-22(29(3,26)27)15-6-4-5-13(20)9-15/h4-10,12H,11H2,1-3H3,(H,21,24). The molecule has 0 fully saturated rings. The Kier molecular flexibility index (Phi) is 5.76. The smallest absolute Gasteiger partial charge is 0.308 e. The van der Waals surface area contributed by atoms with E-state index in [1.165, 1.54) is 18.2 Å². The number of hydrogen-bond acceptors (Lipinski definition) is 5. The van der Waals surface area contributed by atoms with Crippen LogP contribution in [-0.2, 0) is 14.8 Å². The number of fused-ring (bicyclic) bond motifs is 1. The summed E-state index contributed by atoms with van der Waals surface area (Å²) in [4.78, 5) is 24.5. The number of hydrogen-bond donors (Lipinski definition) is 1. The minimum Gasteiger partial charge on any atom is -0.324 e. The predicted molar refractivity (Wildman–Crippen MR) is 114 cm³/mol. The number of carbonyl (C=O) groups excluding carboxylic acids is 1. The first-order chi connectivity index (χ1) is 13.6. The molecule has 1 aromatic heterocycles. The molecule has 10 heteroatoms. The summed E-state index contributed by atoms with van der Waals surface area (Å²) in [5.41, 5.74) is 1.27. The van der Waals surface area contributed by atoms with Crippen molar-refractivity contribution in [3.8, 4) is 0 Å². The van der Waals surface area contributed by atoms with Gasteiger partial charge in [-0.25, -0.2) is 12.8 Å². The quantitative estimate of drug-likeness (QED) is 0.642. The monoisotopic (exact) mass is 437 g/mol. The Morgan fingerprint density at radius 2 is 1.97 bits per heavy atom. The van der Waals surface area contributed by atoms with E-state index in [1.54, 1.807) is 22.8 Å². The van der Waals surface area contributed by atoms with E-state index >= 15 is 0 Å². The van der Waals surface area contributed by atoms with Crippen molar-refractivity contribution in [3.63, 3.8) is 0 Å². The second-order valence-electron chi connectivity index (χ2n) is 6.81. The van der Waals surface area contributed by atoms with E-state index in [2.05, 4.69) is 5.32 Å². The van der Waals surface area contributed by atoms with Gasteiger partial charge in [0.1, 0.15) is 12.4 Å². The third-order valence-corrected chi connectivity index (χ3v) is 6.26. The van der Waals surface area contributed by atoms with Crippen LogP contribution in [0.2, 0.25) is 0 Å². The summed E-state index contributed by atoms with van der Waals surface area (Å²) in [5, 5.41) is 2.64. The molecule has 29 heavy (non-hydrogen) atoms. The molecule has 0 radical (unpaired) electrons. The van der Waals surface area contributed by atoms with Crippen molar-refractivity contribution in [2.24, 2.45) is 0 Å². The summed E-state index contributed by atoms with van der Waals surface area (Å²) in [7, 11) is -3.81. The second-order valence-corrected chi connectivity index (χ2v) is 9.71. The highest BCUT2D eigenvalue weighted by Crippen LogP contribution is 2.24. The summed E-state index contributed by atoms with van der Waals surface area (Å²) in [6.45, 7) is 3.31. The average molecular weight is 438 g/mol. The maximum atomic E-state index is 13.5. The van der Waals surface area contributed by atoms with Crippen molar-refractivity contribution in [1.29, 1.82) is 0 Å². The molecule has 0 aliphatic rings. The van der Waals surface area contributed by atoms with Gasteiger partial charge in [-0.15, -0.1) is 0 Å². The van der Waals surface area contributed by atoms with Crippen LogP contribution >= 0.6 is 11.3 Å². The van der Waals surface area contributed by atoms with Gasteiger partial charge < -0.3 is 5.32 Å². The highest BCUT2D eigenvalue weighted by atomic mass is 32.2. The number of benzene rings is 2. The predicted octanol–water partition coefficient (Wildman–Crippen LogP) is 3.19. The molecular weight excluding hydrogens is 417 g/mol. The Bertz CT molecular complexity index is 1230. The molecule has 3 rings (SSSR count). The van der Waals surface area contributed by atoms with E-state index in [-0.39, 0.29) is 16.6 Å². The maximum absolute atomic E-state index is 13.5. The van der Waals surface area contributed by atoms with E-state index in [0.29, 0.717) is 10.4 Å². The molecule has 1 N–H and O–H groups in total. The molecule has 0 aliphatic heterocycles. The Morgan fingerprint density at radius 3 is 2.59 bits per heavy atom. The lowest BCUT2D eigenvalue weighted by Crippen LogP contribution is -2.37. The number of halogens is 1. The number of nitrogens with zero attached hydrogens (tertiary/aromatic N) is 2. The first-order valence-electron chi connectivity index (χ1n) is 8.74. The molecule has 3 aromatic rings. The van der Waals surface area contributed by atoms with E-state index in [4.69, 9.17) is 0 Å². The molecule has 0 spiro atoms. The number of amides is 1. The van der Waals surface area contributed by atoms with Gasteiger partial charge >= 0.3 is 4.87 Å². The van der Waals surface area contributed by atoms with Crippen molar-refractivity contribution in [3.05, 3.63) is 57.9 Å². The van der Waals surface area contributed by atoms with Gasteiger partial charge in [0.25, 0.3) is 0 Å². The largest absolute Gasteiger partial charge is 0.324 e. The molecule has 1 heterocycles. The van der Waals surface area contributed by atoms with Gasteiger partial charge in [-0.05, 0) is 50.2 Å². The van der Waals surface area contributed by atoms with Crippen molar-refractivity contribution in [2.45, 2.75) is 19.9 Å². The molecular formula is C19H20FN3O4S2. The van der Waals surface area contributed by atoms with Gasteiger partial charge in [-0.2, -0.15) is 0 Å². The van der Waals surface area contributed by atoms with E-state index in [0.717, 1.165) is 33.5 Å². The molecule has 0 aliphatic carbocycles. The summed E-state index contributed by atoms with van der Waals surface area (Å²) in [6, 6.07) is 10.1. The number of sulfonamides is 1. The van der Waals surface area contributed by atoms with Crippen molar-refractivity contribution >= 4 is 48.9 Å². The summed E-state index contributed by atoms with van der Waals surface area (Å²) in [5.74, 6) is -1.19. The fraction of sp³-hybridized carbons (Fsp3) is 0.263. The Hall–Kier alpha value is -2.72. The molecule has 0 bridgehead atoms. The zero-order valence-electron chi connectivity index (χ0n) is 16.0. The molecule has 0 unspecified atom stereocenters. The molecule has 1 amide bonds. The molecule has 154 valence electrons. The van der Waals surface area contributed by atoms with Crippen molar-refractivity contribution in [1.82, 2.24) is 4.57 Å². The number of carbonyl (C=O) groups is 1. The lowest BCUT2D eigenvalue weighted by atomic mass is 10.2. The number of rotatable bonds is 6. The van der Waals surface area contributed by atoms with Crippen LogP contribution in [0.1, 0.15) is 19.9 Å². The van der Waals surface area contributed by atoms with Gasteiger partial charge in [-0.3, -0.25) is 18.5 Å². The first-order valence-corrected chi connectivity index (χ1v) is 11.4. The number of anilines is 2. The Labute approximate surface area is 171 Å². The molecule has 0 saturated carbocycles. The molecule has 0 atom stereocenters. The number of nitrogens with one attached hydrogen (secondary N) is 1. The second kappa shape index (κ2) is 7.96. The van der Waals surface area contributed by atoms with E-state index in [1.807, 2.05) is 13.8 Å². The molecule has 7 nitrogen and oxygen atoms in total. The van der Waals surface area contributed by atoms with Crippen LogP contribution in [0.15, 0.2) is 47.3 Å². The third-order valence-electron chi connectivity index (χ3n) is 4.20. The van der Waals surface area contributed by atoms with Crippen molar-refractivity contribution in [2.75, 3.05) is 22.4 Å². The molecule has 0 saturated heterocycles. The van der Waals surface area contributed by atoms with Crippen LogP contribution in [0.4, 0.5) is 15.8 Å². The lowest BCUT2D eigenvalue weighted by Gasteiger charge is -2.22. The van der Waals surface area contributed by atoms with Gasteiger partial charge in [0.2, 0.25) is 15.9 Å². The van der Waals surface area contributed by atoms with E-state index < -0.39 is 28.3 Å². The zero-order chi connectivity index (χ0) is 21.3. The zero-order valence-corrected chi connectivity index (χ0v) is 17.7. The Morgan fingerprint density at radius 1 is 1.24 bits per heavy atom. The van der Waals surface area contributed by atoms with Gasteiger partial charge in [-0.1, -0.05) is 17.4 Å². The minimum atomic E-state index is -3.81. The molecule has 2 aromatic carbocycles. The summed E-state index contributed by atoms with van der Waals surface area (Å²) >= 11 is 1.07. The fourth-order valence-electron chi connectivity index (χ4n) is 2.97. The highest BCUT2D eigenvalue weighted by molar-refractivity contribution is 7.92. The first kappa shape index (κ1) is 21.0. The van der Waals surface area contributed by atoms with Crippen LogP contribution in [0.25, 0.3) is 10.2 Å². The van der Waals surface area contributed by atoms with Crippen LogP contribution in [0.5, 0.6) is 0 Å². The summed E-state index contributed by atoms with van der Waals surface area (Å²) in [6.07, 6.45) is 0.948. The SMILES string of the molecule is CC(C)n1c(=O)sc2cc(NC(=O)CN(c3cccc(F)c3)S(C)(=O)=O)ccc21. The highest BCUT2D eigenvalue weighted by Gasteiger charge is 2.21. The lowest BCUT2D eigenvalue weighted by molar-refractivity contribution is -0.114. The number of thiazole rings is 1. The van der Waals surface area contributed by atoms with Gasteiger partial charge in [0.05, 0.1) is 22.2 Å². The Balaban J connectivity index is 1.84. The van der Waals surface area contributed by atoms with Crippen molar-refractivity contribution < 1.29 is 17.6 Å². The van der Waals surface area contributed by atoms with Gasteiger partial charge in [0, 0.05) is 11.7 Å². The maximum Gasteiger partial charge on any atom is 0.308 e. The average Bonchev–Trinajstić information content (AvgIpc) is 2.93.